The molecule has 1 aliphatic carbocycles. The molecule has 1 atom stereocenters. The zero-order chi connectivity index (χ0) is 20.1. The Kier molecular flexibility index (Phi) is 6.45. The number of carbonyl (C=O) groups is 1. The number of hydrogen-bond donors (Lipinski definition) is 0. The maximum Gasteiger partial charge on any atom is 0.223 e. The van der Waals surface area contributed by atoms with Gasteiger partial charge in [-0.05, 0) is 29.3 Å². The van der Waals surface area contributed by atoms with Crippen LogP contribution in [0.1, 0.15) is 28.2 Å². The molecule has 28 heavy (non-hydrogen) atoms. The molecule has 4 nitrogen and oxygen atoms in total. The van der Waals surface area contributed by atoms with Crippen molar-refractivity contribution in [3.8, 4) is 0 Å². The third-order valence-corrected chi connectivity index (χ3v) is 5.66. The van der Waals surface area contributed by atoms with Crippen LogP contribution >= 0.6 is 0 Å². The lowest BCUT2D eigenvalue weighted by Gasteiger charge is -2.35. The standard InChI is InChI=1S/C24H29N3O/c1-5-23(25(2)16-17-26(3)27(4)18-28)24-21-12-8-6-10-19(21)14-15-20-11-7-9-13-22(20)24/h5-15,18,23-24H,1,16-17H2,2-4H3. The van der Waals surface area contributed by atoms with Gasteiger partial charge in [-0.3, -0.25) is 14.7 Å². The van der Waals surface area contributed by atoms with Crippen LogP contribution in [0.4, 0.5) is 0 Å². The van der Waals surface area contributed by atoms with Gasteiger partial charge in [0.2, 0.25) is 6.41 Å². The summed E-state index contributed by atoms with van der Waals surface area (Å²) in [7, 11) is 5.82. The Morgan fingerprint density at radius 2 is 1.46 bits per heavy atom. The molecule has 0 saturated carbocycles. The van der Waals surface area contributed by atoms with Crippen molar-refractivity contribution >= 4 is 18.6 Å². The van der Waals surface area contributed by atoms with Gasteiger partial charge < -0.3 is 0 Å². The minimum absolute atomic E-state index is 0.136. The van der Waals surface area contributed by atoms with Crippen molar-refractivity contribution in [2.75, 3.05) is 34.2 Å². The van der Waals surface area contributed by atoms with Gasteiger partial charge in [-0.1, -0.05) is 66.8 Å². The molecule has 3 rings (SSSR count). The van der Waals surface area contributed by atoms with E-state index in [-0.39, 0.29) is 12.0 Å². The average molecular weight is 376 g/mol. The molecular weight excluding hydrogens is 346 g/mol. The van der Waals surface area contributed by atoms with Gasteiger partial charge in [-0.15, -0.1) is 6.58 Å². The molecular formula is C24H29N3O. The fourth-order valence-electron chi connectivity index (χ4n) is 3.87. The Bertz CT molecular complexity index is 811. The van der Waals surface area contributed by atoms with Crippen LogP contribution in [-0.4, -0.2) is 61.6 Å². The van der Waals surface area contributed by atoms with Crippen molar-refractivity contribution in [2.45, 2.75) is 12.0 Å². The Balaban J connectivity index is 1.94. The SMILES string of the molecule is C=CC(C1c2ccccc2C=Cc2ccccc21)N(C)CCN(C)N(C)C=O. The summed E-state index contributed by atoms with van der Waals surface area (Å²) in [6, 6.07) is 17.3. The minimum atomic E-state index is 0.136. The molecule has 0 bridgehead atoms. The monoisotopic (exact) mass is 375 g/mol. The summed E-state index contributed by atoms with van der Waals surface area (Å²) in [6.45, 7) is 5.74. The number of rotatable bonds is 8. The first-order chi connectivity index (χ1) is 13.6. The summed E-state index contributed by atoms with van der Waals surface area (Å²) in [5.74, 6) is 0.194. The third kappa shape index (κ3) is 4.08. The molecule has 0 N–H and O–H groups in total. The number of hydrazine groups is 1. The van der Waals surface area contributed by atoms with Gasteiger partial charge in [0.15, 0.2) is 0 Å². The lowest BCUT2D eigenvalue weighted by Crippen LogP contribution is -2.44. The number of carbonyl (C=O) groups excluding carboxylic acids is 1. The van der Waals surface area contributed by atoms with Crippen molar-refractivity contribution in [1.82, 2.24) is 14.9 Å². The summed E-state index contributed by atoms with van der Waals surface area (Å²) in [5, 5.41) is 3.48. The van der Waals surface area contributed by atoms with Crippen LogP contribution in [0.25, 0.3) is 12.2 Å². The highest BCUT2D eigenvalue weighted by atomic mass is 16.1. The lowest BCUT2D eigenvalue weighted by atomic mass is 9.81. The fraction of sp³-hybridized carbons (Fsp3) is 0.292. The van der Waals surface area contributed by atoms with Crippen LogP contribution in [0, 0.1) is 0 Å². The Labute approximate surface area is 168 Å². The predicted octanol–water partition coefficient (Wildman–Crippen LogP) is 3.72. The Hall–Kier alpha value is -2.69. The number of benzene rings is 2. The molecule has 0 aliphatic heterocycles. The van der Waals surface area contributed by atoms with E-state index in [0.717, 1.165) is 19.5 Å². The molecule has 2 aromatic carbocycles. The first-order valence-corrected chi connectivity index (χ1v) is 9.64. The number of likely N-dealkylation sites (N-methyl/N-ethyl adjacent to an activating group) is 2. The topological polar surface area (TPSA) is 26.8 Å². The molecule has 0 heterocycles. The first-order valence-electron chi connectivity index (χ1n) is 9.64. The minimum Gasteiger partial charge on any atom is -0.298 e. The normalized spacial score (nSPS) is 14.3. The molecule has 146 valence electrons. The van der Waals surface area contributed by atoms with Gasteiger partial charge in [0.25, 0.3) is 0 Å². The molecule has 2 aromatic rings. The number of nitrogens with zero attached hydrogens (tertiary/aromatic N) is 3. The highest BCUT2D eigenvalue weighted by Gasteiger charge is 2.30. The van der Waals surface area contributed by atoms with E-state index in [9.17, 15) is 4.79 Å². The summed E-state index contributed by atoms with van der Waals surface area (Å²) in [6.07, 6.45) is 7.30. The molecule has 0 spiro atoms. The predicted molar refractivity (Wildman–Crippen MR) is 117 cm³/mol. The summed E-state index contributed by atoms with van der Waals surface area (Å²) in [4.78, 5) is 13.3. The molecule has 0 radical (unpaired) electrons. The van der Waals surface area contributed by atoms with E-state index in [1.807, 2.05) is 18.1 Å². The van der Waals surface area contributed by atoms with Crippen molar-refractivity contribution in [1.29, 1.82) is 0 Å². The smallest absolute Gasteiger partial charge is 0.223 e. The number of amides is 1. The zero-order valence-corrected chi connectivity index (χ0v) is 17.0. The van der Waals surface area contributed by atoms with Crippen LogP contribution < -0.4 is 0 Å². The van der Waals surface area contributed by atoms with Gasteiger partial charge in [0.1, 0.15) is 0 Å². The zero-order valence-electron chi connectivity index (χ0n) is 17.0. The first kappa shape index (κ1) is 20.1. The summed E-state index contributed by atoms with van der Waals surface area (Å²) in [5.41, 5.74) is 5.14. The van der Waals surface area contributed by atoms with Crippen molar-refractivity contribution in [2.24, 2.45) is 0 Å². The summed E-state index contributed by atoms with van der Waals surface area (Å²) < 4.78 is 0. The van der Waals surface area contributed by atoms with Crippen LogP contribution in [0.3, 0.4) is 0 Å². The van der Waals surface area contributed by atoms with Crippen molar-refractivity contribution < 1.29 is 4.79 Å². The van der Waals surface area contributed by atoms with Gasteiger partial charge in [-0.25, -0.2) is 5.01 Å². The van der Waals surface area contributed by atoms with Gasteiger partial charge in [0, 0.05) is 39.1 Å². The second-order valence-electron chi connectivity index (χ2n) is 7.34. The molecule has 4 heteroatoms. The lowest BCUT2D eigenvalue weighted by molar-refractivity contribution is -0.129. The van der Waals surface area contributed by atoms with E-state index in [4.69, 9.17) is 0 Å². The van der Waals surface area contributed by atoms with E-state index in [1.54, 1.807) is 12.1 Å². The van der Waals surface area contributed by atoms with Crippen LogP contribution in [0.15, 0.2) is 61.2 Å². The Morgan fingerprint density at radius 3 is 1.96 bits per heavy atom. The van der Waals surface area contributed by atoms with E-state index in [2.05, 4.69) is 79.2 Å². The second kappa shape index (κ2) is 9.00. The molecule has 1 aliphatic rings. The van der Waals surface area contributed by atoms with E-state index < -0.39 is 0 Å². The number of hydrogen-bond acceptors (Lipinski definition) is 3. The summed E-state index contributed by atoms with van der Waals surface area (Å²) >= 11 is 0. The molecule has 1 unspecified atom stereocenters. The molecule has 0 saturated heterocycles. The highest BCUT2D eigenvalue weighted by Crippen LogP contribution is 2.38. The Morgan fingerprint density at radius 1 is 0.929 bits per heavy atom. The molecule has 0 aromatic heterocycles. The maximum absolute atomic E-state index is 11.0. The number of fused-ring (bicyclic) bond motifs is 2. The van der Waals surface area contributed by atoms with Crippen molar-refractivity contribution in [3.05, 3.63) is 83.4 Å². The van der Waals surface area contributed by atoms with Crippen LogP contribution in [0.2, 0.25) is 0 Å². The largest absolute Gasteiger partial charge is 0.298 e. The highest BCUT2D eigenvalue weighted by molar-refractivity contribution is 5.76. The van der Waals surface area contributed by atoms with Crippen LogP contribution in [-0.2, 0) is 4.79 Å². The third-order valence-electron chi connectivity index (χ3n) is 5.66. The van der Waals surface area contributed by atoms with Gasteiger partial charge in [0.05, 0.1) is 0 Å². The van der Waals surface area contributed by atoms with Gasteiger partial charge >= 0.3 is 0 Å². The molecule has 1 amide bonds. The fourth-order valence-corrected chi connectivity index (χ4v) is 3.87. The van der Waals surface area contributed by atoms with E-state index in [1.165, 1.54) is 22.3 Å². The van der Waals surface area contributed by atoms with Crippen molar-refractivity contribution in [3.63, 3.8) is 0 Å². The molecule has 0 fully saturated rings. The van der Waals surface area contributed by atoms with Crippen LogP contribution in [0.5, 0.6) is 0 Å². The maximum atomic E-state index is 11.0. The quantitative estimate of drug-likeness (QED) is 0.400. The van der Waals surface area contributed by atoms with E-state index >= 15 is 0 Å². The average Bonchev–Trinajstić information content (AvgIpc) is 2.89. The second-order valence-corrected chi connectivity index (χ2v) is 7.34. The van der Waals surface area contributed by atoms with E-state index in [0.29, 0.717) is 0 Å². The van der Waals surface area contributed by atoms with Gasteiger partial charge in [-0.2, -0.15) is 0 Å².